The van der Waals surface area contributed by atoms with E-state index < -0.39 is 97.5 Å². The maximum absolute atomic E-state index is 13.0. The number of unbranched alkanes of at least 4 members (excludes halogenated alkanes) is 27. The zero-order chi connectivity index (χ0) is 63.2. The molecule has 0 aliphatic heterocycles. The lowest BCUT2D eigenvalue weighted by Crippen LogP contribution is -2.30. The third kappa shape index (κ3) is 58.2. The molecule has 7 atom stereocenters. The smallest absolute Gasteiger partial charge is 0.462 e. The molecule has 17 nitrogen and oxygen atoms in total. The van der Waals surface area contributed by atoms with Crippen LogP contribution in [0.1, 0.15) is 319 Å². The van der Waals surface area contributed by atoms with Gasteiger partial charge in [0, 0.05) is 25.7 Å². The highest BCUT2D eigenvalue weighted by Gasteiger charge is 2.30. The van der Waals surface area contributed by atoms with Gasteiger partial charge in [0.2, 0.25) is 0 Å². The molecule has 0 radical (unpaired) electrons. The van der Waals surface area contributed by atoms with Crippen molar-refractivity contribution < 1.29 is 80.2 Å². The van der Waals surface area contributed by atoms with E-state index in [1.54, 1.807) is 0 Å². The van der Waals surface area contributed by atoms with Crippen molar-refractivity contribution in [2.24, 2.45) is 23.7 Å². The lowest BCUT2D eigenvalue weighted by molar-refractivity contribution is -0.161. The number of phosphoric acid groups is 2. The van der Waals surface area contributed by atoms with Crippen molar-refractivity contribution in [3.63, 3.8) is 0 Å². The van der Waals surface area contributed by atoms with E-state index in [4.69, 9.17) is 37.0 Å². The van der Waals surface area contributed by atoms with Crippen LogP contribution in [-0.2, 0) is 65.4 Å². The van der Waals surface area contributed by atoms with Gasteiger partial charge < -0.3 is 33.8 Å². The Hall–Kier alpha value is -1.94. The van der Waals surface area contributed by atoms with Crippen molar-refractivity contribution >= 4 is 39.5 Å². The fourth-order valence-corrected chi connectivity index (χ4v) is 11.3. The Morgan fingerprint density at radius 2 is 0.565 bits per heavy atom. The third-order valence-corrected chi connectivity index (χ3v) is 17.7. The Bertz CT molecular complexity index is 1700. The molecule has 0 spiro atoms. The summed E-state index contributed by atoms with van der Waals surface area (Å²) >= 11 is 0. The fourth-order valence-electron chi connectivity index (χ4n) is 9.72. The highest BCUT2D eigenvalue weighted by molar-refractivity contribution is 7.47. The van der Waals surface area contributed by atoms with E-state index in [2.05, 4.69) is 55.4 Å². The Balaban J connectivity index is 5.24. The highest BCUT2D eigenvalue weighted by Crippen LogP contribution is 2.45. The van der Waals surface area contributed by atoms with Crippen LogP contribution in [0.15, 0.2) is 0 Å². The number of phosphoric ester groups is 2. The van der Waals surface area contributed by atoms with Gasteiger partial charge in [-0.2, -0.15) is 0 Å². The van der Waals surface area contributed by atoms with Crippen LogP contribution in [0, 0.1) is 23.7 Å². The largest absolute Gasteiger partial charge is 0.472 e. The predicted octanol–water partition coefficient (Wildman–Crippen LogP) is 18.1. The molecule has 0 saturated carbocycles. The molecule has 504 valence electrons. The second kappa shape index (κ2) is 56.1. The summed E-state index contributed by atoms with van der Waals surface area (Å²) in [7, 11) is -9.89. The normalized spacial score (nSPS) is 15.0. The van der Waals surface area contributed by atoms with Gasteiger partial charge in [0.05, 0.1) is 26.4 Å². The summed E-state index contributed by atoms with van der Waals surface area (Å²) < 4.78 is 68.0. The molecule has 0 fully saturated rings. The van der Waals surface area contributed by atoms with Gasteiger partial charge in [-0.05, 0) is 49.4 Å². The molecule has 0 aromatic carbocycles. The monoisotopic (exact) mass is 1250 g/mol. The number of rotatable bonds is 63. The number of aliphatic hydroxyl groups excluding tert-OH is 1. The molecule has 0 rings (SSSR count). The molecule has 0 aromatic heterocycles. The van der Waals surface area contributed by atoms with Crippen LogP contribution in [0.3, 0.4) is 0 Å². The molecule has 0 aliphatic rings. The van der Waals surface area contributed by atoms with E-state index in [-0.39, 0.29) is 25.7 Å². The molecule has 4 unspecified atom stereocenters. The second-order valence-electron chi connectivity index (χ2n) is 25.3. The average molecular weight is 1260 g/mol. The summed E-state index contributed by atoms with van der Waals surface area (Å²) in [6.07, 6.45) is 36.4. The van der Waals surface area contributed by atoms with E-state index in [1.165, 1.54) is 109 Å². The number of carbonyl (C=O) groups excluding carboxylic acids is 4. The molecule has 3 N–H and O–H groups in total. The number of hydrogen-bond donors (Lipinski definition) is 3. The van der Waals surface area contributed by atoms with E-state index >= 15 is 0 Å². The van der Waals surface area contributed by atoms with Crippen LogP contribution in [0.2, 0.25) is 0 Å². The summed E-state index contributed by atoms with van der Waals surface area (Å²) in [6.45, 7) is 14.0. The van der Waals surface area contributed by atoms with Crippen molar-refractivity contribution in [3.8, 4) is 0 Å². The molecule has 0 aromatic rings. The molecular formula is C66H128O17P2. The maximum Gasteiger partial charge on any atom is 0.472 e. The van der Waals surface area contributed by atoms with E-state index in [0.717, 1.165) is 120 Å². The second-order valence-corrected chi connectivity index (χ2v) is 28.2. The quantitative estimate of drug-likeness (QED) is 0.0222. The molecular weight excluding hydrogens is 1130 g/mol. The lowest BCUT2D eigenvalue weighted by atomic mass is 10.00. The number of esters is 4. The third-order valence-electron chi connectivity index (χ3n) is 15.8. The topological polar surface area (TPSA) is 237 Å². The van der Waals surface area contributed by atoms with Gasteiger partial charge in [0.15, 0.2) is 12.2 Å². The van der Waals surface area contributed by atoms with Crippen molar-refractivity contribution in [2.75, 3.05) is 39.6 Å². The summed E-state index contributed by atoms with van der Waals surface area (Å²) in [5.74, 6) is 0.777. The standard InChI is InChI=1S/C66H128O17P2/c1-9-58(7)44-36-28-21-24-31-39-47-64(69)77-52-61(82-65(70)48-40-32-19-17-15-13-11-12-14-16-18-26-34-42-56(3)4)54-80-84(72,73)78-50-60(67)51-79-85(74,75)81-55-62(53-76-63(68)46-38-30-23-20-27-35-43-57(5)6)83-66(71)49-41-33-25-22-29-37-45-59(8)10-2/h56-62,67H,9-55H2,1-8H3,(H,72,73)(H,74,75)/t58?,59?,60-,61+,62+/m0/s1. The Morgan fingerprint density at radius 3 is 0.835 bits per heavy atom. The number of carbonyl (C=O) groups is 4. The summed E-state index contributed by atoms with van der Waals surface area (Å²) in [4.78, 5) is 72.3. The number of aliphatic hydroxyl groups is 1. The SMILES string of the molecule is CCC(C)CCCCCCCCC(=O)OC[C@H](COP(=O)(O)OC[C@H](O)COP(=O)(O)OC[C@@H](COC(=O)CCCCCCCCC(C)C)OC(=O)CCCCCCCCC(C)CC)OC(=O)CCCCCCCCCCCCCCCC(C)C. The molecule has 0 heterocycles. The van der Waals surface area contributed by atoms with Crippen LogP contribution in [0.4, 0.5) is 0 Å². The zero-order valence-electron chi connectivity index (χ0n) is 55.2. The summed E-state index contributed by atoms with van der Waals surface area (Å²) in [5.41, 5.74) is 0. The molecule has 0 amide bonds. The molecule has 0 aliphatic carbocycles. The van der Waals surface area contributed by atoms with Crippen LogP contribution in [-0.4, -0.2) is 96.7 Å². The number of ether oxygens (including phenoxy) is 4. The molecule has 85 heavy (non-hydrogen) atoms. The van der Waals surface area contributed by atoms with Crippen molar-refractivity contribution in [1.82, 2.24) is 0 Å². The summed E-state index contributed by atoms with van der Waals surface area (Å²) in [5, 5.41) is 10.5. The Kier molecular flexibility index (Phi) is 54.8. The van der Waals surface area contributed by atoms with E-state index in [1.807, 2.05) is 0 Å². The van der Waals surface area contributed by atoms with Gasteiger partial charge in [0.1, 0.15) is 19.3 Å². The van der Waals surface area contributed by atoms with Gasteiger partial charge >= 0.3 is 39.5 Å². The minimum atomic E-state index is -4.95. The number of hydrogen-bond acceptors (Lipinski definition) is 15. The van der Waals surface area contributed by atoms with Crippen LogP contribution < -0.4 is 0 Å². The first-order chi connectivity index (χ1) is 40.7. The zero-order valence-corrected chi connectivity index (χ0v) is 57.0. The van der Waals surface area contributed by atoms with Gasteiger partial charge in [-0.1, -0.05) is 267 Å². The summed E-state index contributed by atoms with van der Waals surface area (Å²) in [6, 6.07) is 0. The van der Waals surface area contributed by atoms with Gasteiger partial charge in [0.25, 0.3) is 0 Å². The molecule has 0 saturated heterocycles. The van der Waals surface area contributed by atoms with Gasteiger partial charge in [-0.25, -0.2) is 9.13 Å². The Morgan fingerprint density at radius 1 is 0.329 bits per heavy atom. The average Bonchev–Trinajstić information content (AvgIpc) is 3.46. The van der Waals surface area contributed by atoms with Crippen LogP contribution in [0.25, 0.3) is 0 Å². The van der Waals surface area contributed by atoms with E-state index in [0.29, 0.717) is 31.6 Å². The molecule has 19 heteroatoms. The fraction of sp³-hybridized carbons (Fsp3) is 0.939. The maximum atomic E-state index is 13.0. The van der Waals surface area contributed by atoms with Crippen LogP contribution in [0.5, 0.6) is 0 Å². The van der Waals surface area contributed by atoms with Crippen molar-refractivity contribution in [3.05, 3.63) is 0 Å². The lowest BCUT2D eigenvalue weighted by Gasteiger charge is -2.21. The van der Waals surface area contributed by atoms with Gasteiger partial charge in [-0.15, -0.1) is 0 Å². The van der Waals surface area contributed by atoms with Gasteiger partial charge in [-0.3, -0.25) is 37.3 Å². The van der Waals surface area contributed by atoms with E-state index in [9.17, 15) is 43.2 Å². The minimum Gasteiger partial charge on any atom is -0.462 e. The highest BCUT2D eigenvalue weighted by atomic mass is 31.2. The van der Waals surface area contributed by atoms with Crippen molar-refractivity contribution in [1.29, 1.82) is 0 Å². The first-order valence-electron chi connectivity index (χ1n) is 34.3. The first-order valence-corrected chi connectivity index (χ1v) is 37.3. The van der Waals surface area contributed by atoms with Crippen LogP contribution >= 0.6 is 15.6 Å². The molecule has 0 bridgehead atoms. The first kappa shape index (κ1) is 83.1. The predicted molar refractivity (Wildman–Crippen MR) is 340 cm³/mol. The minimum absolute atomic E-state index is 0.101. The van der Waals surface area contributed by atoms with Crippen molar-refractivity contribution in [2.45, 2.75) is 337 Å². The Labute approximate surface area is 517 Å².